The number of benzene rings is 5. The standard InChI is InChI=1S/C47H42N4O.Pt/c1-31-24-25-48-42(26-31)51-41-29-37(22-20-32(41)27-33-21-23-38-43(44(33)51)46(4,5)47(6,7)45(38,2)3)52-36-17-13-16-35(28-36)50-30-49(34-14-9-8-10-15-34)39-18-11-12-19-40(39)50;/h8-26H,27H2,1-7H3;/q-2;. The van der Waals surface area contributed by atoms with Gasteiger partial charge in [-0.15, -0.1) is 0 Å². The third-order valence-corrected chi connectivity index (χ3v) is 13.6. The first-order valence-corrected chi connectivity index (χ1v) is 19.4. The summed E-state index contributed by atoms with van der Waals surface area (Å²) in [7, 11) is 0. The van der Waals surface area contributed by atoms with Gasteiger partial charge in [0.1, 0.15) is 0 Å². The van der Waals surface area contributed by atoms with Crippen LogP contribution < -0.4 is 9.64 Å². The molecule has 2 aliphatic rings. The Morgan fingerprint density at radius 1 is 0.698 bits per heavy atom. The number of aromatic nitrogens is 3. The van der Waals surface area contributed by atoms with E-state index in [0.29, 0.717) is 11.5 Å². The van der Waals surface area contributed by atoms with Crippen LogP contribution in [-0.2, 0) is 36.6 Å². The van der Waals surface area contributed by atoms with Crippen molar-refractivity contribution >= 4 is 28.2 Å². The molecule has 3 heterocycles. The van der Waals surface area contributed by atoms with E-state index in [1.807, 2.05) is 30.5 Å². The van der Waals surface area contributed by atoms with Crippen molar-refractivity contribution in [1.82, 2.24) is 14.1 Å². The average Bonchev–Trinajstić information content (AvgIpc) is 3.49. The van der Waals surface area contributed by atoms with Gasteiger partial charge in [0.05, 0.1) is 0 Å². The Hall–Kier alpha value is -4.99. The maximum atomic E-state index is 6.67. The first-order chi connectivity index (χ1) is 25.4. The molecule has 0 unspecified atom stereocenters. The van der Waals surface area contributed by atoms with Crippen LogP contribution in [0.25, 0.3) is 22.4 Å². The molecule has 0 radical (unpaired) electrons. The van der Waals surface area contributed by atoms with Crippen LogP contribution in [0.5, 0.6) is 11.5 Å². The van der Waals surface area contributed by atoms with Gasteiger partial charge in [-0.05, 0) is 40.4 Å². The fourth-order valence-corrected chi connectivity index (χ4v) is 9.72. The number of rotatable bonds is 5. The van der Waals surface area contributed by atoms with Gasteiger partial charge in [0, 0.05) is 6.20 Å². The summed E-state index contributed by atoms with van der Waals surface area (Å²) >= 11 is 2.42. The fourth-order valence-electron chi connectivity index (χ4n) is 8.61. The number of pyridine rings is 1. The number of hydrogen-bond donors (Lipinski definition) is 0. The molecule has 1 aliphatic carbocycles. The molecule has 0 amide bonds. The smallest absolute Gasteiger partial charge is 0.0582 e. The van der Waals surface area contributed by atoms with E-state index in [0.717, 1.165) is 49.7 Å². The molecule has 0 saturated carbocycles. The Bertz CT molecular complexity index is 2650. The van der Waals surface area contributed by atoms with Crippen molar-refractivity contribution < 1.29 is 24.1 Å². The van der Waals surface area contributed by atoms with E-state index in [-0.39, 0.29) is 16.2 Å². The quantitative estimate of drug-likeness (QED) is 0.162. The van der Waals surface area contributed by atoms with E-state index in [1.54, 1.807) is 0 Å². The zero-order chi connectivity index (χ0) is 36.9. The van der Waals surface area contributed by atoms with Crippen LogP contribution in [0.1, 0.15) is 69.4 Å². The van der Waals surface area contributed by atoms with Gasteiger partial charge in [-0.25, -0.2) is 0 Å². The van der Waals surface area contributed by atoms with Crippen LogP contribution in [0, 0.1) is 28.3 Å². The molecule has 53 heavy (non-hydrogen) atoms. The molecule has 268 valence electrons. The number of anilines is 3. The Kier molecular flexibility index (Phi) is 7.67. The van der Waals surface area contributed by atoms with Crippen molar-refractivity contribution in [2.24, 2.45) is 5.41 Å². The molecule has 5 aromatic carbocycles. The molecule has 0 bridgehead atoms. The summed E-state index contributed by atoms with van der Waals surface area (Å²) in [4.78, 5) is 7.33. The topological polar surface area (TPSA) is 35.2 Å². The molecule has 5 nitrogen and oxygen atoms in total. The Morgan fingerprint density at radius 2 is 1.40 bits per heavy atom. The Balaban J connectivity index is 1.16. The Labute approximate surface area is 322 Å². The molecular formula is C47H42N4OPt-2. The van der Waals surface area contributed by atoms with Gasteiger partial charge in [-0.1, -0.05) is 53.7 Å². The molecule has 0 atom stereocenters. The van der Waals surface area contributed by atoms with E-state index in [2.05, 4.69) is 179 Å². The number of aryl methyl sites for hydroxylation is 1. The van der Waals surface area contributed by atoms with Crippen LogP contribution >= 0.6 is 0 Å². The monoisotopic (exact) mass is 873 g/mol. The van der Waals surface area contributed by atoms with Gasteiger partial charge in [0.25, 0.3) is 0 Å². The molecule has 1 aliphatic heterocycles. The van der Waals surface area contributed by atoms with Crippen LogP contribution in [0.4, 0.5) is 17.2 Å². The SMILES string of the molecule is Cc1ccnc(N2c3[c-]c(Oc4[c-]c(-n5[c](=[Pt])n(-c6ccccc6)c6ccccc65)ccc4)ccc3Cc3ccc4c(c32)C(C)(C)C(C)(C)C4(C)C)c1. The van der Waals surface area contributed by atoms with E-state index >= 15 is 0 Å². The minimum atomic E-state index is -0.0981. The van der Waals surface area contributed by atoms with E-state index in [1.165, 1.54) is 27.9 Å². The molecule has 0 fully saturated rings. The second-order valence-corrected chi connectivity index (χ2v) is 17.0. The fraction of sp³-hybridized carbons (Fsp3) is 0.234. The van der Waals surface area contributed by atoms with Crippen LogP contribution in [0.2, 0.25) is 0 Å². The molecule has 7 aromatic rings. The molecule has 6 heteroatoms. The van der Waals surface area contributed by atoms with Gasteiger partial charge in [0.15, 0.2) is 0 Å². The van der Waals surface area contributed by atoms with Crippen molar-refractivity contribution in [3.8, 4) is 22.9 Å². The second-order valence-electron chi connectivity index (χ2n) is 16.0. The van der Waals surface area contributed by atoms with Crippen LogP contribution in [0.15, 0.2) is 115 Å². The molecular weight excluding hydrogens is 832 g/mol. The first-order valence-electron chi connectivity index (χ1n) is 18.3. The average molecular weight is 874 g/mol. The number of para-hydroxylation sites is 3. The summed E-state index contributed by atoms with van der Waals surface area (Å²) in [5.41, 5.74) is 12.8. The molecule has 0 spiro atoms. The summed E-state index contributed by atoms with van der Waals surface area (Å²) in [6, 6.07) is 45.6. The van der Waals surface area contributed by atoms with Crippen LogP contribution in [-0.4, -0.2) is 14.1 Å². The molecule has 0 saturated heterocycles. The predicted molar refractivity (Wildman–Crippen MR) is 210 cm³/mol. The van der Waals surface area contributed by atoms with Gasteiger partial charge < -0.3 is 0 Å². The number of imidazole rings is 1. The summed E-state index contributed by atoms with van der Waals surface area (Å²) in [6.07, 6.45) is 2.73. The van der Waals surface area contributed by atoms with Crippen molar-refractivity contribution in [2.75, 3.05) is 4.90 Å². The summed E-state index contributed by atoms with van der Waals surface area (Å²) in [5, 5.41) is 0. The normalized spacial score (nSPS) is 16.3. The Morgan fingerprint density at radius 3 is 2.15 bits per heavy atom. The number of hydrogen-bond acceptors (Lipinski definition) is 3. The number of fused-ring (bicyclic) bond motifs is 5. The third-order valence-electron chi connectivity index (χ3n) is 12.6. The summed E-state index contributed by atoms with van der Waals surface area (Å²) < 4.78 is 12.2. The minimum Gasteiger partial charge on any atom is -0.0582 e. The van der Waals surface area contributed by atoms with E-state index in [9.17, 15) is 0 Å². The zero-order valence-electron chi connectivity index (χ0n) is 31.2. The molecule has 9 rings (SSSR count). The molecule has 2 aromatic heterocycles. The van der Waals surface area contributed by atoms with E-state index < -0.39 is 0 Å². The van der Waals surface area contributed by atoms with Crippen molar-refractivity contribution in [2.45, 2.75) is 65.7 Å². The van der Waals surface area contributed by atoms with E-state index in [4.69, 9.17) is 9.72 Å². The van der Waals surface area contributed by atoms with Crippen molar-refractivity contribution in [3.05, 3.63) is 159 Å². The summed E-state index contributed by atoms with van der Waals surface area (Å²) in [5.74, 6) is 2.15. The van der Waals surface area contributed by atoms with Gasteiger partial charge >= 0.3 is 224 Å². The van der Waals surface area contributed by atoms with Crippen molar-refractivity contribution in [1.29, 1.82) is 0 Å². The predicted octanol–water partition coefficient (Wildman–Crippen LogP) is 11.6. The van der Waals surface area contributed by atoms with Gasteiger partial charge in [-0.2, -0.15) is 0 Å². The van der Waals surface area contributed by atoms with Crippen LogP contribution in [0.3, 0.4) is 0 Å². The number of ether oxygens (including phenoxy) is 1. The van der Waals surface area contributed by atoms with Crippen molar-refractivity contribution in [3.63, 3.8) is 0 Å². The zero-order valence-corrected chi connectivity index (χ0v) is 33.5. The minimum absolute atomic E-state index is 0.0161. The van der Waals surface area contributed by atoms with Gasteiger partial charge in [0.2, 0.25) is 0 Å². The maximum absolute atomic E-state index is 6.67. The first kappa shape index (κ1) is 33.8. The summed E-state index contributed by atoms with van der Waals surface area (Å²) in [6.45, 7) is 16.6. The second kappa shape index (κ2) is 12.0. The number of nitrogens with zero attached hydrogens (tertiary/aromatic N) is 4. The molecule has 0 N–H and O–H groups in total. The third kappa shape index (κ3) is 5.00. The van der Waals surface area contributed by atoms with Gasteiger partial charge in [-0.3, -0.25) is 0 Å².